The van der Waals surface area contributed by atoms with Crippen LogP contribution in [-0.2, 0) is 17.6 Å². The third kappa shape index (κ3) is 6.34. The molecule has 7 heteroatoms. The van der Waals surface area contributed by atoms with E-state index in [1.807, 2.05) is 42.5 Å². The molecule has 3 aromatic rings. The number of amides is 2. The molecule has 0 radical (unpaired) electrons. The Morgan fingerprint density at radius 1 is 1.00 bits per heavy atom. The summed E-state index contributed by atoms with van der Waals surface area (Å²) in [6.45, 7) is 2.41. The maximum absolute atomic E-state index is 13.8. The molecule has 2 aromatic carbocycles. The zero-order valence-electron chi connectivity index (χ0n) is 21.9. The number of hydrogen-bond donors (Lipinski definition) is 1. The summed E-state index contributed by atoms with van der Waals surface area (Å²) in [5.74, 6) is 0.977. The van der Waals surface area contributed by atoms with Gasteiger partial charge in [-0.2, -0.15) is 0 Å². The van der Waals surface area contributed by atoms with Crippen LogP contribution in [0.15, 0.2) is 65.3 Å². The normalized spacial score (nSPS) is 14.2. The smallest absolute Gasteiger partial charge is 0.290 e. The van der Waals surface area contributed by atoms with Gasteiger partial charge < -0.3 is 24.1 Å². The van der Waals surface area contributed by atoms with E-state index in [2.05, 4.69) is 12.2 Å². The van der Waals surface area contributed by atoms with E-state index in [4.69, 9.17) is 13.9 Å². The minimum absolute atomic E-state index is 0.135. The molecule has 37 heavy (non-hydrogen) atoms. The summed E-state index contributed by atoms with van der Waals surface area (Å²) in [5.41, 5.74) is 2.92. The van der Waals surface area contributed by atoms with Crippen molar-refractivity contribution in [3.8, 4) is 11.5 Å². The third-order valence-electron chi connectivity index (χ3n) is 7.05. The molecular formula is C30H36N2O5. The number of rotatable bonds is 11. The molecule has 1 aliphatic carbocycles. The van der Waals surface area contributed by atoms with Gasteiger partial charge in [0.25, 0.3) is 5.91 Å². The lowest BCUT2D eigenvalue weighted by Gasteiger charge is -2.32. The van der Waals surface area contributed by atoms with E-state index in [-0.39, 0.29) is 23.6 Å². The minimum atomic E-state index is -0.788. The molecule has 1 fully saturated rings. The maximum atomic E-state index is 13.8. The van der Waals surface area contributed by atoms with Crippen LogP contribution in [0.2, 0.25) is 0 Å². The summed E-state index contributed by atoms with van der Waals surface area (Å²) in [6, 6.07) is 16.3. The molecule has 1 N–H and O–H groups in total. The van der Waals surface area contributed by atoms with Crippen LogP contribution in [0.1, 0.15) is 65.9 Å². The molecular weight excluding hydrogens is 468 g/mol. The first-order chi connectivity index (χ1) is 18.0. The molecule has 4 rings (SSSR count). The van der Waals surface area contributed by atoms with Gasteiger partial charge >= 0.3 is 0 Å². The predicted molar refractivity (Wildman–Crippen MR) is 142 cm³/mol. The number of nitrogens with zero attached hydrogens (tertiary/aromatic N) is 1. The Morgan fingerprint density at radius 3 is 2.32 bits per heavy atom. The van der Waals surface area contributed by atoms with Gasteiger partial charge in [-0.3, -0.25) is 9.59 Å². The highest BCUT2D eigenvalue weighted by atomic mass is 16.5. The van der Waals surface area contributed by atoms with Gasteiger partial charge in [-0.15, -0.1) is 0 Å². The van der Waals surface area contributed by atoms with Crippen LogP contribution in [0.4, 0.5) is 0 Å². The molecule has 196 valence electrons. The van der Waals surface area contributed by atoms with Crippen LogP contribution in [0.25, 0.3) is 0 Å². The molecule has 0 spiro atoms. The van der Waals surface area contributed by atoms with Crippen molar-refractivity contribution in [1.29, 1.82) is 0 Å². The molecule has 0 bridgehead atoms. The average Bonchev–Trinajstić information content (AvgIpc) is 3.65. The lowest BCUT2D eigenvalue weighted by atomic mass is 9.99. The van der Waals surface area contributed by atoms with E-state index in [0.717, 1.165) is 43.2 Å². The molecule has 1 aromatic heterocycles. The predicted octanol–water partition coefficient (Wildman–Crippen LogP) is 5.34. The van der Waals surface area contributed by atoms with Gasteiger partial charge in [0.05, 0.1) is 20.5 Å². The van der Waals surface area contributed by atoms with Crippen LogP contribution >= 0.6 is 0 Å². The highest BCUT2D eigenvalue weighted by Crippen LogP contribution is 2.30. The first-order valence-corrected chi connectivity index (χ1v) is 13.0. The summed E-state index contributed by atoms with van der Waals surface area (Å²) in [5, 5.41) is 3.22. The number of ether oxygens (including phenoxy) is 2. The van der Waals surface area contributed by atoms with Gasteiger partial charge in [0.2, 0.25) is 5.91 Å². The Balaban J connectivity index is 1.68. The lowest BCUT2D eigenvalue weighted by Crippen LogP contribution is -2.46. The topological polar surface area (TPSA) is 81.0 Å². The van der Waals surface area contributed by atoms with Gasteiger partial charge in [-0.1, -0.05) is 50.1 Å². The van der Waals surface area contributed by atoms with Gasteiger partial charge in [-0.25, -0.2) is 0 Å². The monoisotopic (exact) mass is 504 g/mol. The second-order valence-electron chi connectivity index (χ2n) is 9.40. The van der Waals surface area contributed by atoms with E-state index in [9.17, 15) is 9.59 Å². The Labute approximate surface area is 218 Å². The van der Waals surface area contributed by atoms with E-state index >= 15 is 0 Å². The Hall–Kier alpha value is -3.74. The van der Waals surface area contributed by atoms with Crippen LogP contribution < -0.4 is 14.8 Å². The first-order valence-electron chi connectivity index (χ1n) is 13.0. The highest BCUT2D eigenvalue weighted by Gasteiger charge is 2.34. The molecule has 7 nitrogen and oxygen atoms in total. The Morgan fingerprint density at radius 2 is 1.70 bits per heavy atom. The van der Waals surface area contributed by atoms with Crippen LogP contribution in [0.5, 0.6) is 11.5 Å². The Bertz CT molecular complexity index is 1170. The summed E-state index contributed by atoms with van der Waals surface area (Å²) in [7, 11) is 3.19. The van der Waals surface area contributed by atoms with Crippen molar-refractivity contribution in [1.82, 2.24) is 10.2 Å². The van der Waals surface area contributed by atoms with Gasteiger partial charge in [0.1, 0.15) is 6.04 Å². The van der Waals surface area contributed by atoms with E-state index in [1.54, 1.807) is 31.3 Å². The standard InChI is InChI=1S/C30H36N2O5/c1-4-21-11-14-23(15-12-21)28(29(33)31-24-8-5-6-9-24)32(30(34)26-10-7-19-37-26)18-17-22-13-16-25(35-2)27(20-22)36-3/h7,10-16,19-20,24,28H,4-6,8-9,17-18H2,1-3H3,(H,31,33)/t28-/m1/s1. The number of methoxy groups -OCH3 is 2. The summed E-state index contributed by atoms with van der Waals surface area (Å²) < 4.78 is 16.3. The molecule has 1 aliphatic rings. The average molecular weight is 505 g/mol. The third-order valence-corrected chi connectivity index (χ3v) is 7.05. The number of aryl methyl sites for hydroxylation is 1. The summed E-state index contributed by atoms with van der Waals surface area (Å²) >= 11 is 0. The maximum Gasteiger partial charge on any atom is 0.290 e. The van der Waals surface area contributed by atoms with E-state index in [0.29, 0.717) is 24.5 Å². The van der Waals surface area contributed by atoms with Crippen molar-refractivity contribution in [2.45, 2.75) is 57.5 Å². The zero-order valence-corrected chi connectivity index (χ0v) is 21.9. The van der Waals surface area contributed by atoms with Crippen molar-refractivity contribution in [3.63, 3.8) is 0 Å². The van der Waals surface area contributed by atoms with Crippen LogP contribution in [-0.4, -0.2) is 43.5 Å². The van der Waals surface area contributed by atoms with Crippen molar-refractivity contribution in [2.75, 3.05) is 20.8 Å². The molecule has 1 heterocycles. The molecule has 1 atom stereocenters. The number of carbonyl (C=O) groups is 2. The van der Waals surface area contributed by atoms with Gasteiger partial charge in [0, 0.05) is 12.6 Å². The molecule has 2 amide bonds. The van der Waals surface area contributed by atoms with Crippen molar-refractivity contribution < 1.29 is 23.5 Å². The fraction of sp³-hybridized carbons (Fsp3) is 0.400. The number of hydrogen-bond acceptors (Lipinski definition) is 5. The quantitative estimate of drug-likeness (QED) is 0.381. The fourth-order valence-corrected chi connectivity index (χ4v) is 4.93. The SMILES string of the molecule is CCc1ccc([C@H](C(=O)NC2CCCC2)N(CCc2ccc(OC)c(OC)c2)C(=O)c2ccco2)cc1. The van der Waals surface area contributed by atoms with Gasteiger partial charge in [0.15, 0.2) is 17.3 Å². The molecule has 0 saturated heterocycles. The second-order valence-corrected chi connectivity index (χ2v) is 9.40. The molecule has 0 aliphatic heterocycles. The highest BCUT2D eigenvalue weighted by molar-refractivity contribution is 5.96. The number of nitrogens with one attached hydrogen (secondary N) is 1. The number of benzene rings is 2. The Kier molecular flexibility index (Phi) is 8.88. The van der Waals surface area contributed by atoms with Crippen molar-refractivity contribution in [2.24, 2.45) is 0 Å². The van der Waals surface area contributed by atoms with Gasteiger partial charge in [-0.05, 0) is 66.6 Å². The number of furan rings is 1. The summed E-state index contributed by atoms with van der Waals surface area (Å²) in [6.07, 6.45) is 7.03. The molecule has 1 saturated carbocycles. The van der Waals surface area contributed by atoms with E-state index < -0.39 is 6.04 Å². The first kappa shape index (κ1) is 26.3. The molecule has 0 unspecified atom stereocenters. The fourth-order valence-electron chi connectivity index (χ4n) is 4.93. The zero-order chi connectivity index (χ0) is 26.2. The van der Waals surface area contributed by atoms with Crippen molar-refractivity contribution >= 4 is 11.8 Å². The summed E-state index contributed by atoms with van der Waals surface area (Å²) in [4.78, 5) is 29.2. The van der Waals surface area contributed by atoms with E-state index in [1.165, 1.54) is 11.8 Å². The number of carbonyl (C=O) groups excluding carboxylic acids is 2. The van der Waals surface area contributed by atoms with Crippen molar-refractivity contribution in [3.05, 3.63) is 83.3 Å². The lowest BCUT2D eigenvalue weighted by molar-refractivity contribution is -0.126. The minimum Gasteiger partial charge on any atom is -0.493 e. The van der Waals surface area contributed by atoms with Crippen LogP contribution in [0.3, 0.4) is 0 Å². The largest absolute Gasteiger partial charge is 0.493 e. The second kappa shape index (κ2) is 12.5. The van der Waals surface area contributed by atoms with Crippen LogP contribution in [0, 0.1) is 0 Å².